The second-order valence-corrected chi connectivity index (χ2v) is 6.40. The molecule has 3 rings (SSSR count). The number of aliphatic hydroxyl groups is 1. The molecule has 124 valence electrons. The van der Waals surface area contributed by atoms with E-state index in [1.165, 1.54) is 0 Å². The van der Waals surface area contributed by atoms with Gasteiger partial charge in [0.25, 0.3) is 0 Å². The van der Waals surface area contributed by atoms with Crippen molar-refractivity contribution in [3.63, 3.8) is 0 Å². The van der Waals surface area contributed by atoms with Crippen LogP contribution in [0.15, 0.2) is 30.5 Å². The molecule has 0 unspecified atom stereocenters. The first-order valence-corrected chi connectivity index (χ1v) is 8.12. The number of aliphatic hydroxyl groups excluding tert-OH is 1. The molecule has 2 aromatic rings. The second kappa shape index (κ2) is 6.29. The third kappa shape index (κ3) is 2.84. The maximum Gasteiger partial charge on any atom is 0.312 e. The largest absolute Gasteiger partial charge is 0.481 e. The highest BCUT2D eigenvalue weighted by Gasteiger charge is 2.47. The Morgan fingerprint density at radius 1 is 1.43 bits per heavy atom. The number of hydrogen-bond acceptors (Lipinski definition) is 4. The van der Waals surface area contributed by atoms with Crippen molar-refractivity contribution >= 4 is 11.5 Å². The average molecular weight is 317 g/mol. The molecule has 0 bridgehead atoms. The predicted molar refractivity (Wildman–Crippen MR) is 86.1 cm³/mol. The minimum Gasteiger partial charge on any atom is -0.481 e. The average Bonchev–Trinajstić information content (AvgIpc) is 2.99. The van der Waals surface area contributed by atoms with Gasteiger partial charge in [-0.1, -0.05) is 19.4 Å². The number of aromatic nitrogens is 2. The summed E-state index contributed by atoms with van der Waals surface area (Å²) in [4.78, 5) is 13.8. The number of carbonyl (C=O) groups is 1. The third-order valence-electron chi connectivity index (χ3n) is 4.95. The molecule has 23 heavy (non-hydrogen) atoms. The quantitative estimate of drug-likeness (QED) is 0.879. The molecule has 0 aromatic carbocycles. The molecule has 1 aliphatic rings. The van der Waals surface area contributed by atoms with Gasteiger partial charge < -0.3 is 10.2 Å². The van der Waals surface area contributed by atoms with Crippen molar-refractivity contribution in [2.45, 2.75) is 38.8 Å². The van der Waals surface area contributed by atoms with Crippen molar-refractivity contribution in [2.24, 2.45) is 5.41 Å². The van der Waals surface area contributed by atoms with E-state index >= 15 is 0 Å². The molecule has 0 saturated carbocycles. The molecule has 1 saturated heterocycles. The first kappa shape index (κ1) is 16.0. The van der Waals surface area contributed by atoms with Crippen LogP contribution in [0.1, 0.15) is 31.9 Å². The summed E-state index contributed by atoms with van der Waals surface area (Å²) in [6, 6.07) is 7.95. The number of pyridine rings is 1. The van der Waals surface area contributed by atoms with Crippen LogP contribution in [0.3, 0.4) is 0 Å². The van der Waals surface area contributed by atoms with Gasteiger partial charge in [-0.05, 0) is 37.6 Å². The molecule has 3 heterocycles. The van der Waals surface area contributed by atoms with Gasteiger partial charge in [-0.3, -0.25) is 9.69 Å². The van der Waals surface area contributed by atoms with Crippen molar-refractivity contribution in [3.05, 3.63) is 36.2 Å². The van der Waals surface area contributed by atoms with Gasteiger partial charge in [0.1, 0.15) is 0 Å². The van der Waals surface area contributed by atoms with Crippen LogP contribution in [0.25, 0.3) is 5.52 Å². The summed E-state index contributed by atoms with van der Waals surface area (Å²) in [6.07, 6.45) is 2.68. The lowest BCUT2D eigenvalue weighted by atomic mass is 9.73. The Bertz CT molecular complexity index is 699. The zero-order chi connectivity index (χ0) is 16.4. The van der Waals surface area contributed by atoms with Gasteiger partial charge >= 0.3 is 5.97 Å². The number of hydrogen-bond donors (Lipinski definition) is 2. The third-order valence-corrected chi connectivity index (χ3v) is 4.95. The number of likely N-dealkylation sites (tertiary alicyclic amines) is 1. The van der Waals surface area contributed by atoms with Crippen molar-refractivity contribution in [2.75, 3.05) is 13.1 Å². The topological polar surface area (TPSA) is 78.1 Å². The van der Waals surface area contributed by atoms with E-state index in [2.05, 4.69) is 10.00 Å². The first-order valence-electron chi connectivity index (χ1n) is 8.12. The zero-order valence-electron chi connectivity index (χ0n) is 13.4. The van der Waals surface area contributed by atoms with Crippen LogP contribution >= 0.6 is 0 Å². The van der Waals surface area contributed by atoms with Gasteiger partial charge in [-0.25, -0.2) is 4.52 Å². The maximum absolute atomic E-state index is 11.7. The molecule has 0 radical (unpaired) electrons. The number of fused-ring (bicyclic) bond motifs is 1. The summed E-state index contributed by atoms with van der Waals surface area (Å²) in [5.74, 6) is -0.874. The van der Waals surface area contributed by atoms with E-state index in [0.29, 0.717) is 32.5 Å². The first-order chi connectivity index (χ1) is 11.1. The molecule has 0 aliphatic carbocycles. The lowest BCUT2D eigenvalue weighted by Crippen LogP contribution is -2.54. The summed E-state index contributed by atoms with van der Waals surface area (Å²) >= 11 is 0. The van der Waals surface area contributed by atoms with Crippen molar-refractivity contribution in [1.82, 2.24) is 14.5 Å². The van der Waals surface area contributed by atoms with Crippen LogP contribution in [-0.4, -0.2) is 49.9 Å². The number of piperidine rings is 1. The van der Waals surface area contributed by atoms with E-state index in [1.807, 2.05) is 35.7 Å². The normalized spacial score (nSPS) is 25.7. The molecule has 6 heteroatoms. The maximum atomic E-state index is 11.7. The molecule has 2 atom stereocenters. The lowest BCUT2D eigenvalue weighted by molar-refractivity contribution is -0.164. The van der Waals surface area contributed by atoms with E-state index in [4.69, 9.17) is 0 Å². The summed E-state index contributed by atoms with van der Waals surface area (Å²) in [5, 5.41) is 24.4. The molecule has 1 fully saturated rings. The highest BCUT2D eigenvalue weighted by Crippen LogP contribution is 2.37. The number of nitrogens with zero attached hydrogens (tertiary/aromatic N) is 3. The minimum atomic E-state index is -0.997. The van der Waals surface area contributed by atoms with Crippen molar-refractivity contribution in [3.8, 4) is 0 Å². The predicted octanol–water partition coefficient (Wildman–Crippen LogP) is 1.77. The van der Waals surface area contributed by atoms with Gasteiger partial charge in [0.2, 0.25) is 0 Å². The van der Waals surface area contributed by atoms with Gasteiger partial charge in [0.05, 0.1) is 22.7 Å². The summed E-state index contributed by atoms with van der Waals surface area (Å²) in [7, 11) is 0. The van der Waals surface area contributed by atoms with Crippen LogP contribution in [0.4, 0.5) is 0 Å². The minimum absolute atomic E-state index is 0.379. The fourth-order valence-electron chi connectivity index (χ4n) is 3.63. The molecular weight excluding hydrogens is 294 g/mol. The Morgan fingerprint density at radius 2 is 2.26 bits per heavy atom. The molecule has 2 N–H and O–H groups in total. The SMILES string of the molecule is CCC[C@]1(C(=O)O)CCN(Cc2cccc3ccnn23)C[C@@H]1O. The van der Waals surface area contributed by atoms with Crippen molar-refractivity contribution in [1.29, 1.82) is 0 Å². The Morgan fingerprint density at radius 3 is 2.96 bits per heavy atom. The van der Waals surface area contributed by atoms with Crippen LogP contribution < -0.4 is 0 Å². The fraction of sp³-hybridized carbons (Fsp3) is 0.529. The number of aliphatic carboxylic acids is 1. The van der Waals surface area contributed by atoms with E-state index in [0.717, 1.165) is 17.6 Å². The van der Waals surface area contributed by atoms with Crippen LogP contribution in [0, 0.1) is 5.41 Å². The van der Waals surface area contributed by atoms with Gasteiger partial charge in [0, 0.05) is 19.3 Å². The van der Waals surface area contributed by atoms with E-state index in [-0.39, 0.29) is 0 Å². The molecule has 0 amide bonds. The monoisotopic (exact) mass is 317 g/mol. The second-order valence-electron chi connectivity index (χ2n) is 6.40. The smallest absolute Gasteiger partial charge is 0.312 e. The lowest BCUT2D eigenvalue weighted by Gasteiger charge is -2.42. The Balaban J connectivity index is 1.75. The van der Waals surface area contributed by atoms with Gasteiger partial charge in [-0.15, -0.1) is 0 Å². The van der Waals surface area contributed by atoms with E-state index < -0.39 is 17.5 Å². The highest BCUT2D eigenvalue weighted by molar-refractivity contribution is 5.75. The standard InChI is InChI=1S/C17H23N3O3/c1-2-7-17(16(22)23)8-10-19(12-15(17)21)11-14-5-3-4-13-6-9-18-20(13)14/h3-6,9,15,21H,2,7-8,10-12H2,1H3,(H,22,23)/t15-,17-/m0/s1. The van der Waals surface area contributed by atoms with Crippen LogP contribution in [0.5, 0.6) is 0 Å². The molecule has 1 aliphatic heterocycles. The van der Waals surface area contributed by atoms with E-state index in [9.17, 15) is 15.0 Å². The summed E-state index contributed by atoms with van der Waals surface area (Å²) < 4.78 is 1.89. The van der Waals surface area contributed by atoms with E-state index in [1.54, 1.807) is 6.20 Å². The van der Waals surface area contributed by atoms with Crippen LogP contribution in [-0.2, 0) is 11.3 Å². The molecule has 2 aromatic heterocycles. The number of carboxylic acids is 1. The van der Waals surface area contributed by atoms with Gasteiger partial charge in [-0.2, -0.15) is 5.10 Å². The molecule has 0 spiro atoms. The Labute approximate surface area is 135 Å². The Hall–Kier alpha value is -1.92. The fourth-order valence-corrected chi connectivity index (χ4v) is 3.63. The van der Waals surface area contributed by atoms with Gasteiger partial charge in [0.15, 0.2) is 0 Å². The van der Waals surface area contributed by atoms with Crippen molar-refractivity contribution < 1.29 is 15.0 Å². The molecular formula is C17H23N3O3. The van der Waals surface area contributed by atoms with Crippen LogP contribution in [0.2, 0.25) is 0 Å². The summed E-state index contributed by atoms with van der Waals surface area (Å²) in [6.45, 7) is 3.66. The number of rotatable bonds is 5. The Kier molecular flexibility index (Phi) is 4.37. The molecule has 6 nitrogen and oxygen atoms in total. The number of β-amino-alcohol motifs (C(OH)–C–C–N with tert-alkyl or cyclic N) is 1. The summed E-state index contributed by atoms with van der Waals surface area (Å²) in [5.41, 5.74) is 1.08. The highest BCUT2D eigenvalue weighted by atomic mass is 16.4. The zero-order valence-corrected chi connectivity index (χ0v) is 13.4. The number of carboxylic acid groups (broad SMARTS) is 1.